The standard InChI is InChI=1S/C35H40O16/c1-15(36)45-20-12-33-30(6)23(22(40)25(41)43-8)28(4)14-32(30,42)35(48-17(3)38,26(28)46-16(2)37)27-34(33,51-31(7,49-27)50-33)19-11-21(39)47-24(29(19,20)5)18-9-10-44-13-18/h9-11,13,20,22-24,26-27,40,42H,12,14H2,1-8H3/t20-,22+,23-,24-,26-,27+,28-,29-,30+,31?,32+,33-,34+,35-/m0/s1. The second kappa shape index (κ2) is 9.77. The molecule has 8 rings (SSSR count). The average Bonchev–Trinajstić information content (AvgIpc) is 3.79. The lowest BCUT2D eigenvalue weighted by atomic mass is 9.34. The number of furan rings is 1. The second-order valence-electron chi connectivity index (χ2n) is 15.7. The maximum absolute atomic E-state index is 13.8. The van der Waals surface area contributed by atoms with Gasteiger partial charge in [-0.25, -0.2) is 9.59 Å². The number of rotatable bonds is 6. The molecule has 1 spiro atoms. The molecule has 3 aliphatic heterocycles. The van der Waals surface area contributed by atoms with E-state index in [0.717, 1.165) is 21.0 Å². The highest BCUT2D eigenvalue weighted by Gasteiger charge is 3.04. The SMILES string of the molecule is COC(=O)[C@H](O)[C@H]1[C@]2(C)C[C@]3(O)[C@](OC(C)=O)([C@H]2OC(C)=O)[C@@H]2OC4(C)O[C@@]5(C[C@H](OC(C)=O)[C@]6(C)C(=CC(=O)O[C@H]6c6ccoc6)[C@@]25O4)[C@]13C. The predicted octanol–water partition coefficient (Wildman–Crippen LogP) is 1.30. The topological polar surface area (TPSA) is 213 Å². The zero-order valence-corrected chi connectivity index (χ0v) is 29.3. The van der Waals surface area contributed by atoms with Crippen LogP contribution in [0, 0.1) is 22.2 Å². The van der Waals surface area contributed by atoms with Gasteiger partial charge < -0.3 is 52.5 Å². The van der Waals surface area contributed by atoms with Gasteiger partial charge in [0.25, 0.3) is 5.97 Å². The Labute approximate surface area is 291 Å². The number of methoxy groups -OCH3 is 1. The molecule has 51 heavy (non-hydrogen) atoms. The van der Waals surface area contributed by atoms with Gasteiger partial charge in [-0.15, -0.1) is 0 Å². The van der Waals surface area contributed by atoms with E-state index in [1.54, 1.807) is 26.8 Å². The van der Waals surface area contributed by atoms with E-state index in [2.05, 4.69) is 0 Å². The molecular formula is C35H40O16. The van der Waals surface area contributed by atoms with Crippen LogP contribution < -0.4 is 0 Å². The maximum Gasteiger partial charge on any atom is 0.335 e. The average molecular weight is 717 g/mol. The number of carbonyl (C=O) groups is 5. The fourth-order valence-corrected chi connectivity index (χ4v) is 12.3. The fraction of sp³-hybridized carbons (Fsp3) is 0.686. The van der Waals surface area contributed by atoms with E-state index in [0.29, 0.717) is 5.56 Å². The summed E-state index contributed by atoms with van der Waals surface area (Å²) in [5.41, 5.74) is -12.9. The van der Waals surface area contributed by atoms with Gasteiger partial charge in [0.1, 0.15) is 29.5 Å². The van der Waals surface area contributed by atoms with E-state index >= 15 is 0 Å². The van der Waals surface area contributed by atoms with Gasteiger partial charge in [0.15, 0.2) is 17.8 Å². The Kier molecular flexibility index (Phi) is 6.57. The van der Waals surface area contributed by atoms with Crippen LogP contribution in [-0.2, 0) is 61.9 Å². The molecule has 2 N–H and O–H groups in total. The Morgan fingerprint density at radius 2 is 1.69 bits per heavy atom. The van der Waals surface area contributed by atoms with Crippen molar-refractivity contribution >= 4 is 29.8 Å². The van der Waals surface area contributed by atoms with Crippen LogP contribution in [0.3, 0.4) is 0 Å². The van der Waals surface area contributed by atoms with Gasteiger partial charge in [-0.1, -0.05) is 13.8 Å². The largest absolute Gasteiger partial charge is 0.472 e. The van der Waals surface area contributed by atoms with Gasteiger partial charge in [-0.05, 0) is 25.0 Å². The summed E-state index contributed by atoms with van der Waals surface area (Å²) in [4.78, 5) is 66.4. The molecule has 4 bridgehead atoms. The summed E-state index contributed by atoms with van der Waals surface area (Å²) in [6, 6.07) is 1.59. The third-order valence-electron chi connectivity index (χ3n) is 13.4. The zero-order valence-electron chi connectivity index (χ0n) is 29.3. The smallest absolute Gasteiger partial charge is 0.335 e. The molecule has 1 aromatic rings. The number of hydrogen-bond acceptors (Lipinski definition) is 16. The fourth-order valence-electron chi connectivity index (χ4n) is 12.3. The molecule has 16 heteroatoms. The monoisotopic (exact) mass is 716 g/mol. The molecule has 14 atom stereocenters. The van der Waals surface area contributed by atoms with Gasteiger partial charge >= 0.3 is 29.8 Å². The molecule has 1 aromatic heterocycles. The normalized spacial score (nSPS) is 50.0. The number of aliphatic hydroxyl groups is 2. The molecule has 4 aliphatic carbocycles. The summed E-state index contributed by atoms with van der Waals surface area (Å²) in [6.45, 7) is 9.82. The molecule has 0 amide bonds. The molecule has 0 aromatic carbocycles. The number of hydrogen-bond donors (Lipinski definition) is 2. The number of carbonyl (C=O) groups excluding carboxylic acids is 5. The third-order valence-corrected chi connectivity index (χ3v) is 13.4. The van der Waals surface area contributed by atoms with Crippen molar-refractivity contribution in [2.24, 2.45) is 22.2 Å². The van der Waals surface area contributed by atoms with E-state index in [4.69, 9.17) is 42.3 Å². The Morgan fingerprint density at radius 3 is 2.27 bits per heavy atom. The highest BCUT2D eigenvalue weighted by Crippen LogP contribution is 2.88. The molecule has 16 nitrogen and oxygen atoms in total. The summed E-state index contributed by atoms with van der Waals surface area (Å²) >= 11 is 0. The van der Waals surface area contributed by atoms with Crippen molar-refractivity contribution in [1.29, 1.82) is 0 Å². The van der Waals surface area contributed by atoms with Crippen LogP contribution in [0.15, 0.2) is 34.7 Å². The minimum absolute atomic E-state index is 0.143. The second-order valence-corrected chi connectivity index (χ2v) is 15.7. The van der Waals surface area contributed by atoms with Crippen LogP contribution in [-0.4, -0.2) is 100.0 Å². The summed E-state index contributed by atoms with van der Waals surface area (Å²) in [5, 5.41) is 25.6. The van der Waals surface area contributed by atoms with Crippen LogP contribution in [0.25, 0.3) is 0 Å². The minimum Gasteiger partial charge on any atom is -0.472 e. The van der Waals surface area contributed by atoms with Crippen molar-refractivity contribution < 1.29 is 76.5 Å². The minimum atomic E-state index is -2.31. The van der Waals surface area contributed by atoms with Crippen LogP contribution in [0.1, 0.15) is 73.0 Å². The number of fused-ring (bicyclic) bond motifs is 4. The molecular weight excluding hydrogens is 676 g/mol. The summed E-state index contributed by atoms with van der Waals surface area (Å²) in [5.74, 6) is -7.63. The van der Waals surface area contributed by atoms with Crippen molar-refractivity contribution in [1.82, 2.24) is 0 Å². The predicted molar refractivity (Wildman–Crippen MR) is 162 cm³/mol. The van der Waals surface area contributed by atoms with Crippen molar-refractivity contribution in [3.8, 4) is 0 Å². The number of cyclic esters (lactones) is 1. The van der Waals surface area contributed by atoms with Gasteiger partial charge in [0, 0.05) is 62.5 Å². The Balaban J connectivity index is 1.52. The lowest BCUT2D eigenvalue weighted by Crippen LogP contribution is -2.94. The van der Waals surface area contributed by atoms with Crippen molar-refractivity contribution in [3.63, 3.8) is 0 Å². The molecule has 2 saturated heterocycles. The Morgan fingerprint density at radius 1 is 1.00 bits per heavy atom. The molecule has 6 fully saturated rings. The third kappa shape index (κ3) is 3.43. The van der Waals surface area contributed by atoms with Crippen molar-refractivity contribution in [3.05, 3.63) is 35.8 Å². The maximum atomic E-state index is 13.8. The van der Waals surface area contributed by atoms with Gasteiger partial charge in [0.2, 0.25) is 5.60 Å². The summed E-state index contributed by atoms with van der Waals surface area (Å²) in [7, 11) is 1.09. The highest BCUT2D eigenvalue weighted by molar-refractivity contribution is 5.86. The summed E-state index contributed by atoms with van der Waals surface area (Å²) in [6.07, 6.45) is -4.03. The Bertz CT molecular complexity index is 1820. The lowest BCUT2D eigenvalue weighted by molar-refractivity contribution is -0.448. The molecule has 4 saturated carbocycles. The van der Waals surface area contributed by atoms with E-state index in [1.165, 1.54) is 32.4 Å². The first-order chi connectivity index (χ1) is 23.7. The molecule has 4 heterocycles. The van der Waals surface area contributed by atoms with Crippen LogP contribution in [0.2, 0.25) is 0 Å². The quantitative estimate of drug-likeness (QED) is 0.314. The first-order valence-electron chi connectivity index (χ1n) is 16.7. The zero-order chi connectivity index (χ0) is 37.1. The molecule has 276 valence electrons. The van der Waals surface area contributed by atoms with Crippen molar-refractivity contribution in [2.75, 3.05) is 7.11 Å². The highest BCUT2D eigenvalue weighted by atomic mass is 17.0. The number of ether oxygens (including phenoxy) is 8. The van der Waals surface area contributed by atoms with Gasteiger partial charge in [0.05, 0.1) is 25.1 Å². The van der Waals surface area contributed by atoms with Crippen LogP contribution in [0.5, 0.6) is 0 Å². The molecule has 1 unspecified atom stereocenters. The first-order valence-corrected chi connectivity index (χ1v) is 16.7. The van der Waals surface area contributed by atoms with E-state index in [-0.39, 0.29) is 18.4 Å². The summed E-state index contributed by atoms with van der Waals surface area (Å²) < 4.78 is 55.2. The van der Waals surface area contributed by atoms with E-state index < -0.39 is 111 Å². The first kappa shape index (κ1) is 34.3. The number of esters is 5. The van der Waals surface area contributed by atoms with Crippen molar-refractivity contribution in [2.45, 2.75) is 120 Å². The van der Waals surface area contributed by atoms with E-state index in [1.807, 2.05) is 0 Å². The van der Waals surface area contributed by atoms with Crippen LogP contribution >= 0.6 is 0 Å². The number of aliphatic hydroxyl groups excluding tert-OH is 1. The molecule has 7 aliphatic rings. The van der Waals surface area contributed by atoms with Gasteiger partial charge in [-0.2, -0.15) is 0 Å². The molecule has 0 radical (unpaired) electrons. The van der Waals surface area contributed by atoms with Crippen LogP contribution in [0.4, 0.5) is 0 Å². The van der Waals surface area contributed by atoms with Gasteiger partial charge in [-0.3, -0.25) is 14.4 Å². The lowest BCUT2D eigenvalue weighted by Gasteiger charge is -2.76. The van der Waals surface area contributed by atoms with E-state index in [9.17, 15) is 34.2 Å². The Hall–Kier alpha value is -3.83.